The van der Waals surface area contributed by atoms with Crippen LogP contribution in [-0.4, -0.2) is 48.1 Å². The van der Waals surface area contributed by atoms with Crippen LogP contribution in [0.5, 0.6) is 0 Å². The molecule has 5 rings (SSSR count). The van der Waals surface area contributed by atoms with E-state index in [1.165, 1.54) is 4.68 Å². The molecule has 4 heterocycles. The number of halogens is 2. The lowest BCUT2D eigenvalue weighted by molar-refractivity contribution is 0.347. The van der Waals surface area contributed by atoms with Crippen molar-refractivity contribution < 1.29 is 0 Å². The standard InChI is InChI=1S/C20H19Cl2N9/c21-16-4-1-5-17(18(16)22)31-20(27-28-29-31)15-7-12(8-25-19(15)23)13-9-26-30(11-13)14-3-2-6-24-10-14/h1,4-5,7-9,11,14,24H,2-3,6,10H2,(H2,23,25)/t14-/m1/s1. The van der Waals surface area contributed by atoms with E-state index in [4.69, 9.17) is 28.9 Å². The van der Waals surface area contributed by atoms with E-state index in [1.807, 2.05) is 23.1 Å². The summed E-state index contributed by atoms with van der Waals surface area (Å²) in [4.78, 5) is 4.37. The number of hydrogen-bond donors (Lipinski definition) is 2. The van der Waals surface area contributed by atoms with Crippen molar-refractivity contribution in [1.82, 2.24) is 40.3 Å². The molecule has 0 aliphatic carbocycles. The topological polar surface area (TPSA) is 112 Å². The highest BCUT2D eigenvalue weighted by Gasteiger charge is 2.20. The monoisotopic (exact) mass is 455 g/mol. The van der Waals surface area contributed by atoms with Gasteiger partial charge in [0.1, 0.15) is 5.82 Å². The van der Waals surface area contributed by atoms with Crippen molar-refractivity contribution in [2.24, 2.45) is 0 Å². The van der Waals surface area contributed by atoms with Crippen molar-refractivity contribution in [3.05, 3.63) is 52.9 Å². The molecule has 1 aliphatic heterocycles. The number of nitrogens with one attached hydrogen (secondary N) is 1. The Morgan fingerprint density at radius 3 is 2.90 bits per heavy atom. The lowest BCUT2D eigenvalue weighted by Gasteiger charge is -2.22. The van der Waals surface area contributed by atoms with Gasteiger partial charge in [0, 0.05) is 30.1 Å². The van der Waals surface area contributed by atoms with E-state index in [1.54, 1.807) is 24.4 Å². The van der Waals surface area contributed by atoms with Crippen molar-refractivity contribution in [2.45, 2.75) is 18.9 Å². The molecule has 0 radical (unpaired) electrons. The number of tetrazole rings is 1. The van der Waals surface area contributed by atoms with E-state index in [0.717, 1.165) is 37.1 Å². The molecule has 1 aromatic carbocycles. The second-order valence-electron chi connectivity index (χ2n) is 7.35. The zero-order valence-electron chi connectivity index (χ0n) is 16.4. The zero-order valence-corrected chi connectivity index (χ0v) is 17.9. The van der Waals surface area contributed by atoms with Gasteiger partial charge in [-0.25, -0.2) is 4.98 Å². The number of nitrogen functional groups attached to an aromatic ring is 1. The van der Waals surface area contributed by atoms with Crippen molar-refractivity contribution >= 4 is 29.0 Å². The molecule has 3 N–H and O–H groups in total. The number of pyridine rings is 1. The van der Waals surface area contributed by atoms with E-state index in [9.17, 15) is 0 Å². The van der Waals surface area contributed by atoms with E-state index in [0.29, 0.717) is 39.0 Å². The first-order valence-electron chi connectivity index (χ1n) is 9.85. The Balaban J connectivity index is 1.53. The molecule has 0 saturated carbocycles. The van der Waals surface area contributed by atoms with Gasteiger partial charge in [-0.15, -0.1) is 5.10 Å². The molecule has 3 aromatic heterocycles. The minimum Gasteiger partial charge on any atom is -0.383 e. The van der Waals surface area contributed by atoms with Crippen LogP contribution in [0.25, 0.3) is 28.2 Å². The summed E-state index contributed by atoms with van der Waals surface area (Å²) in [7, 11) is 0. The number of rotatable bonds is 4. The Kier molecular flexibility index (Phi) is 5.31. The first-order chi connectivity index (χ1) is 15.1. The average Bonchev–Trinajstić information content (AvgIpc) is 3.47. The minimum absolute atomic E-state index is 0.307. The smallest absolute Gasteiger partial charge is 0.190 e. The Morgan fingerprint density at radius 2 is 2.06 bits per heavy atom. The number of piperidine rings is 1. The first kappa shape index (κ1) is 19.9. The van der Waals surface area contributed by atoms with Gasteiger partial charge in [-0.1, -0.05) is 29.3 Å². The number of hydrogen-bond acceptors (Lipinski definition) is 7. The molecule has 1 aliphatic rings. The molecular formula is C20H19Cl2N9. The van der Waals surface area contributed by atoms with Gasteiger partial charge in [0.2, 0.25) is 0 Å². The van der Waals surface area contributed by atoms with Crippen LogP contribution in [-0.2, 0) is 0 Å². The molecule has 1 saturated heterocycles. The van der Waals surface area contributed by atoms with Gasteiger partial charge < -0.3 is 11.1 Å². The third-order valence-corrected chi connectivity index (χ3v) is 6.18. The average molecular weight is 456 g/mol. The van der Waals surface area contributed by atoms with E-state index in [2.05, 4.69) is 30.9 Å². The fraction of sp³-hybridized carbons (Fsp3) is 0.250. The SMILES string of the molecule is Nc1ncc(-c2cnn([C@@H]3CCCNC3)c2)cc1-c1nnnn1-c1cccc(Cl)c1Cl. The number of anilines is 1. The highest BCUT2D eigenvalue weighted by Crippen LogP contribution is 2.33. The van der Waals surface area contributed by atoms with Gasteiger partial charge in [-0.3, -0.25) is 4.68 Å². The van der Waals surface area contributed by atoms with Crippen molar-refractivity contribution in [3.63, 3.8) is 0 Å². The highest BCUT2D eigenvalue weighted by molar-refractivity contribution is 6.43. The maximum atomic E-state index is 6.38. The molecule has 158 valence electrons. The number of benzene rings is 1. The normalized spacial score (nSPS) is 16.5. The second-order valence-corrected chi connectivity index (χ2v) is 8.14. The van der Waals surface area contributed by atoms with Crippen LogP contribution < -0.4 is 11.1 Å². The van der Waals surface area contributed by atoms with E-state index >= 15 is 0 Å². The summed E-state index contributed by atoms with van der Waals surface area (Å²) in [6, 6.07) is 7.52. The van der Waals surface area contributed by atoms with Crippen molar-refractivity contribution in [1.29, 1.82) is 0 Å². The summed E-state index contributed by atoms with van der Waals surface area (Å²) in [5, 5.41) is 20.8. The maximum absolute atomic E-state index is 6.38. The summed E-state index contributed by atoms with van der Waals surface area (Å²) in [5.74, 6) is 0.724. The fourth-order valence-corrected chi connectivity index (χ4v) is 4.11. The lowest BCUT2D eigenvalue weighted by Crippen LogP contribution is -2.31. The first-order valence-corrected chi connectivity index (χ1v) is 10.6. The molecule has 0 spiro atoms. The van der Waals surface area contributed by atoms with Gasteiger partial charge in [-0.05, 0) is 48.0 Å². The quantitative estimate of drug-likeness (QED) is 0.484. The Bertz CT molecular complexity index is 1230. The predicted octanol–water partition coefficient (Wildman–Crippen LogP) is 3.40. The summed E-state index contributed by atoms with van der Waals surface area (Å²) < 4.78 is 3.51. The van der Waals surface area contributed by atoms with Crippen LogP contribution in [0, 0.1) is 0 Å². The van der Waals surface area contributed by atoms with Crippen LogP contribution >= 0.6 is 23.2 Å². The second kappa shape index (κ2) is 8.26. The van der Waals surface area contributed by atoms with Gasteiger partial charge >= 0.3 is 0 Å². The fourth-order valence-electron chi connectivity index (χ4n) is 3.73. The van der Waals surface area contributed by atoms with Crippen molar-refractivity contribution in [2.75, 3.05) is 18.8 Å². The van der Waals surface area contributed by atoms with E-state index < -0.39 is 0 Å². The third-order valence-electron chi connectivity index (χ3n) is 5.37. The van der Waals surface area contributed by atoms with Gasteiger partial charge in [-0.2, -0.15) is 9.78 Å². The van der Waals surface area contributed by atoms with Gasteiger partial charge in [0.15, 0.2) is 5.82 Å². The molecule has 0 amide bonds. The molecule has 11 heteroatoms. The summed E-state index contributed by atoms with van der Waals surface area (Å²) in [6.07, 6.45) is 7.84. The predicted molar refractivity (Wildman–Crippen MR) is 119 cm³/mol. The van der Waals surface area contributed by atoms with Crippen LogP contribution in [0.15, 0.2) is 42.9 Å². The molecule has 1 atom stereocenters. The molecular weight excluding hydrogens is 437 g/mol. The Hall–Kier alpha value is -3.01. The van der Waals surface area contributed by atoms with Gasteiger partial charge in [0.25, 0.3) is 0 Å². The molecule has 31 heavy (non-hydrogen) atoms. The lowest BCUT2D eigenvalue weighted by atomic mass is 10.1. The summed E-state index contributed by atoms with van der Waals surface area (Å²) in [6.45, 7) is 1.97. The highest BCUT2D eigenvalue weighted by atomic mass is 35.5. The largest absolute Gasteiger partial charge is 0.383 e. The number of nitrogens with two attached hydrogens (primary N) is 1. The zero-order chi connectivity index (χ0) is 21.4. The number of nitrogens with zero attached hydrogens (tertiary/aromatic N) is 7. The number of aromatic nitrogens is 7. The molecule has 0 bridgehead atoms. The van der Waals surface area contributed by atoms with Crippen LogP contribution in [0.4, 0.5) is 5.82 Å². The molecule has 4 aromatic rings. The van der Waals surface area contributed by atoms with Crippen LogP contribution in [0.3, 0.4) is 0 Å². The molecule has 0 unspecified atom stereocenters. The third kappa shape index (κ3) is 3.76. The molecule has 9 nitrogen and oxygen atoms in total. The summed E-state index contributed by atoms with van der Waals surface area (Å²) >= 11 is 12.5. The van der Waals surface area contributed by atoms with Crippen molar-refractivity contribution in [3.8, 4) is 28.2 Å². The van der Waals surface area contributed by atoms with Crippen LogP contribution in [0.1, 0.15) is 18.9 Å². The Labute approximate surface area is 188 Å². The Morgan fingerprint density at radius 1 is 1.16 bits per heavy atom. The maximum Gasteiger partial charge on any atom is 0.190 e. The summed E-state index contributed by atoms with van der Waals surface area (Å²) in [5.41, 5.74) is 9.14. The van der Waals surface area contributed by atoms with E-state index in [-0.39, 0.29) is 0 Å². The molecule has 1 fully saturated rings. The minimum atomic E-state index is 0.307. The van der Waals surface area contributed by atoms with Gasteiger partial charge in [0.05, 0.1) is 33.5 Å². The van der Waals surface area contributed by atoms with Crippen LogP contribution in [0.2, 0.25) is 10.0 Å².